The Morgan fingerprint density at radius 2 is 1.82 bits per heavy atom. The van der Waals surface area contributed by atoms with Crippen molar-refractivity contribution < 1.29 is 4.74 Å². The predicted octanol–water partition coefficient (Wildman–Crippen LogP) is 3.41. The van der Waals surface area contributed by atoms with Gasteiger partial charge in [0, 0.05) is 0 Å². The first kappa shape index (κ1) is 11.2. The first-order valence-electron chi connectivity index (χ1n) is 4.21. The van der Waals surface area contributed by atoms with Crippen LogP contribution in [0.5, 0.6) is 0 Å². The van der Waals surface area contributed by atoms with Gasteiger partial charge in [-0.2, -0.15) is 0 Å². The Balaban J connectivity index is 3.83. The van der Waals surface area contributed by atoms with E-state index in [1.807, 2.05) is 0 Å². The van der Waals surface area contributed by atoms with Gasteiger partial charge in [-0.05, 0) is 26.2 Å². The fourth-order valence-electron chi connectivity index (χ4n) is 0.524. The third kappa shape index (κ3) is 4.65. The molecule has 0 aromatic heterocycles. The molecule has 1 nitrogen and oxygen atoms in total. The summed E-state index contributed by atoms with van der Waals surface area (Å²) in [6, 6.07) is 0. The number of alkyl halides is 1. The fourth-order valence-corrected chi connectivity index (χ4v) is 0.765. The zero-order chi connectivity index (χ0) is 9.07. The molecule has 0 aromatic carbocycles. The zero-order valence-electron chi connectivity index (χ0n) is 8.15. The monoisotopic (exact) mass is 178 g/mol. The molecule has 68 valence electrons. The highest BCUT2D eigenvalue weighted by Crippen LogP contribution is 2.22. The molecule has 0 saturated carbocycles. The number of rotatable bonds is 4. The third-order valence-electron chi connectivity index (χ3n) is 1.81. The first-order valence-corrected chi connectivity index (χ1v) is 4.64. The van der Waals surface area contributed by atoms with Crippen molar-refractivity contribution in [1.29, 1.82) is 0 Å². The van der Waals surface area contributed by atoms with Crippen LogP contribution in [0.1, 0.15) is 41.0 Å². The van der Waals surface area contributed by atoms with Crippen LogP contribution in [0.2, 0.25) is 0 Å². The standard InChI is InChI=1S/C9H19ClO/c1-6-9(4,5)11-8(10)7(2)3/h7-8H,6H2,1-5H3. The smallest absolute Gasteiger partial charge is 0.134 e. The molecule has 0 aliphatic rings. The van der Waals surface area contributed by atoms with Crippen molar-refractivity contribution >= 4 is 11.6 Å². The van der Waals surface area contributed by atoms with Crippen LogP contribution in [0.4, 0.5) is 0 Å². The first-order chi connectivity index (χ1) is 4.89. The van der Waals surface area contributed by atoms with E-state index >= 15 is 0 Å². The van der Waals surface area contributed by atoms with Crippen LogP contribution >= 0.6 is 11.6 Å². The van der Waals surface area contributed by atoms with Crippen LogP contribution in [0.3, 0.4) is 0 Å². The van der Waals surface area contributed by atoms with E-state index in [0.29, 0.717) is 5.92 Å². The van der Waals surface area contributed by atoms with Crippen LogP contribution in [0, 0.1) is 5.92 Å². The van der Waals surface area contributed by atoms with Gasteiger partial charge in [0.15, 0.2) is 0 Å². The lowest BCUT2D eigenvalue weighted by atomic mass is 10.1. The second-order valence-corrected chi connectivity index (χ2v) is 4.26. The lowest BCUT2D eigenvalue weighted by Gasteiger charge is -2.28. The molecule has 0 bridgehead atoms. The zero-order valence-corrected chi connectivity index (χ0v) is 8.90. The summed E-state index contributed by atoms with van der Waals surface area (Å²) in [6.45, 7) is 10.3. The quantitative estimate of drug-likeness (QED) is 0.600. The lowest BCUT2D eigenvalue weighted by Crippen LogP contribution is -2.29. The summed E-state index contributed by atoms with van der Waals surface area (Å²) in [6.07, 6.45) is 0.989. The van der Waals surface area contributed by atoms with Crippen molar-refractivity contribution in [1.82, 2.24) is 0 Å². The van der Waals surface area contributed by atoms with Crippen LogP contribution < -0.4 is 0 Å². The summed E-state index contributed by atoms with van der Waals surface area (Å²) in [5.74, 6) is 0.377. The molecular weight excluding hydrogens is 160 g/mol. The van der Waals surface area contributed by atoms with Gasteiger partial charge in [-0.25, -0.2) is 0 Å². The van der Waals surface area contributed by atoms with E-state index in [2.05, 4.69) is 34.6 Å². The molecule has 0 fully saturated rings. The van der Waals surface area contributed by atoms with Crippen LogP contribution in [-0.4, -0.2) is 11.2 Å². The Morgan fingerprint density at radius 3 is 2.09 bits per heavy atom. The topological polar surface area (TPSA) is 9.23 Å². The maximum atomic E-state index is 5.96. The molecule has 0 rings (SSSR count). The van der Waals surface area contributed by atoms with Crippen molar-refractivity contribution in [2.24, 2.45) is 5.92 Å². The van der Waals surface area contributed by atoms with Gasteiger partial charge in [-0.1, -0.05) is 32.4 Å². The van der Waals surface area contributed by atoms with E-state index in [1.165, 1.54) is 0 Å². The van der Waals surface area contributed by atoms with Crippen LogP contribution in [-0.2, 0) is 4.74 Å². The van der Waals surface area contributed by atoms with E-state index in [9.17, 15) is 0 Å². The number of hydrogen-bond acceptors (Lipinski definition) is 1. The van der Waals surface area contributed by atoms with Crippen molar-refractivity contribution in [3.05, 3.63) is 0 Å². The van der Waals surface area contributed by atoms with E-state index < -0.39 is 0 Å². The van der Waals surface area contributed by atoms with Gasteiger partial charge < -0.3 is 4.74 Å². The summed E-state index contributed by atoms with van der Waals surface area (Å²) in [7, 11) is 0. The second kappa shape index (κ2) is 4.32. The van der Waals surface area contributed by atoms with Crippen molar-refractivity contribution in [2.75, 3.05) is 0 Å². The Kier molecular flexibility index (Phi) is 4.42. The minimum Gasteiger partial charge on any atom is -0.356 e. The Labute approximate surface area is 75.1 Å². The summed E-state index contributed by atoms with van der Waals surface area (Å²) in [5, 5.41) is 0. The molecule has 0 heterocycles. The third-order valence-corrected chi connectivity index (χ3v) is 2.40. The normalized spacial score (nSPS) is 15.5. The number of ether oxygens (including phenoxy) is 1. The number of hydrogen-bond donors (Lipinski definition) is 0. The summed E-state index contributed by atoms with van der Waals surface area (Å²) >= 11 is 5.96. The van der Waals surface area contributed by atoms with Gasteiger partial charge >= 0.3 is 0 Å². The minimum absolute atomic E-state index is 0.0866. The lowest BCUT2D eigenvalue weighted by molar-refractivity contribution is -0.0542. The molecule has 0 amide bonds. The van der Waals surface area contributed by atoms with Gasteiger partial charge in [-0.3, -0.25) is 0 Å². The maximum absolute atomic E-state index is 5.96. The van der Waals surface area contributed by atoms with Crippen LogP contribution in [0.25, 0.3) is 0 Å². The van der Waals surface area contributed by atoms with Crippen LogP contribution in [0.15, 0.2) is 0 Å². The summed E-state index contributed by atoms with van der Waals surface area (Å²) < 4.78 is 5.61. The predicted molar refractivity (Wildman–Crippen MR) is 49.9 cm³/mol. The molecule has 0 aliphatic carbocycles. The van der Waals surface area contributed by atoms with E-state index in [-0.39, 0.29) is 11.2 Å². The molecule has 0 saturated heterocycles. The highest BCUT2D eigenvalue weighted by atomic mass is 35.5. The molecule has 0 N–H and O–H groups in total. The van der Waals surface area contributed by atoms with Crippen molar-refractivity contribution in [3.8, 4) is 0 Å². The molecule has 2 heteroatoms. The largest absolute Gasteiger partial charge is 0.356 e. The Hall–Kier alpha value is 0.250. The highest BCUT2D eigenvalue weighted by molar-refractivity contribution is 6.19. The maximum Gasteiger partial charge on any atom is 0.134 e. The number of halogens is 1. The molecule has 11 heavy (non-hydrogen) atoms. The summed E-state index contributed by atoms with van der Waals surface area (Å²) in [5.41, 5.74) is -0.249. The van der Waals surface area contributed by atoms with Gasteiger partial charge in [0.25, 0.3) is 0 Å². The summed E-state index contributed by atoms with van der Waals surface area (Å²) in [4.78, 5) is 0. The molecular formula is C9H19ClO. The highest BCUT2D eigenvalue weighted by Gasteiger charge is 2.21. The molecule has 0 aliphatic heterocycles. The SMILES string of the molecule is CCC(C)(C)OC(Cl)C(C)C. The molecule has 1 unspecified atom stereocenters. The van der Waals surface area contributed by atoms with Crippen molar-refractivity contribution in [3.63, 3.8) is 0 Å². The Morgan fingerprint density at radius 1 is 1.36 bits per heavy atom. The van der Waals surface area contributed by atoms with Gasteiger partial charge in [-0.15, -0.1) is 0 Å². The minimum atomic E-state index is -0.162. The average Bonchev–Trinajstić information content (AvgIpc) is 1.87. The average molecular weight is 179 g/mol. The molecule has 0 spiro atoms. The van der Waals surface area contributed by atoms with E-state index in [4.69, 9.17) is 16.3 Å². The molecule has 0 aromatic rings. The second-order valence-electron chi connectivity index (χ2n) is 3.83. The van der Waals surface area contributed by atoms with E-state index in [1.54, 1.807) is 0 Å². The van der Waals surface area contributed by atoms with Gasteiger partial charge in [0.05, 0.1) is 5.60 Å². The van der Waals surface area contributed by atoms with Gasteiger partial charge in [0.2, 0.25) is 0 Å². The fraction of sp³-hybridized carbons (Fsp3) is 1.00. The van der Waals surface area contributed by atoms with E-state index in [0.717, 1.165) is 6.42 Å². The van der Waals surface area contributed by atoms with Crippen molar-refractivity contribution in [2.45, 2.75) is 52.2 Å². The van der Waals surface area contributed by atoms with Gasteiger partial charge in [0.1, 0.15) is 5.56 Å². The molecule has 0 radical (unpaired) electrons. The Bertz CT molecular complexity index is 110. The molecule has 1 atom stereocenters.